The normalized spacial score (nSPS) is 11.0. The Morgan fingerprint density at radius 2 is 1.93 bits per heavy atom. The predicted octanol–water partition coefficient (Wildman–Crippen LogP) is 3.77. The molecule has 0 saturated heterocycles. The highest BCUT2D eigenvalue weighted by Crippen LogP contribution is 2.19. The van der Waals surface area contributed by atoms with Crippen molar-refractivity contribution in [1.29, 1.82) is 0 Å². The van der Waals surface area contributed by atoms with Crippen LogP contribution in [0, 0.1) is 17.0 Å². The molecular formula is C20H15NO6. The van der Waals surface area contributed by atoms with E-state index in [1.807, 2.05) is 19.1 Å². The molecule has 3 rings (SSSR count). The number of benzene rings is 2. The second kappa shape index (κ2) is 7.65. The van der Waals surface area contributed by atoms with Crippen LogP contribution in [0.4, 0.5) is 5.69 Å². The number of nitro benzene ring substituents is 1. The summed E-state index contributed by atoms with van der Waals surface area (Å²) < 4.78 is 10.4. The zero-order valence-electron chi connectivity index (χ0n) is 14.4. The third kappa shape index (κ3) is 4.46. The molecule has 7 heteroatoms. The number of non-ortho nitro benzene ring substituents is 1. The molecule has 0 aliphatic rings. The van der Waals surface area contributed by atoms with Crippen LogP contribution in [0.2, 0.25) is 0 Å². The number of fused-ring (bicyclic) bond motifs is 1. The molecule has 1 heterocycles. The standard InChI is InChI=1S/C20H15NO6/c1-13-2-8-17-15(11-20(23)27-18(17)10-13)12-26-19(22)9-5-14-3-6-16(7-4-14)21(24)25/h2-11H,12H2,1H3/b9-5+. The first-order valence-electron chi connectivity index (χ1n) is 8.05. The van der Waals surface area contributed by atoms with Crippen molar-refractivity contribution in [2.75, 3.05) is 0 Å². The lowest BCUT2D eigenvalue weighted by atomic mass is 10.1. The molecule has 0 bridgehead atoms. The lowest BCUT2D eigenvalue weighted by Crippen LogP contribution is -2.05. The summed E-state index contributed by atoms with van der Waals surface area (Å²) in [5, 5.41) is 11.3. The molecular weight excluding hydrogens is 350 g/mol. The van der Waals surface area contributed by atoms with E-state index in [1.165, 1.54) is 42.5 Å². The second-order valence-corrected chi connectivity index (χ2v) is 5.88. The van der Waals surface area contributed by atoms with Crippen molar-refractivity contribution in [3.05, 3.63) is 91.8 Å². The highest BCUT2D eigenvalue weighted by Gasteiger charge is 2.08. The van der Waals surface area contributed by atoms with Gasteiger partial charge in [-0.05, 0) is 42.3 Å². The van der Waals surface area contributed by atoms with E-state index in [9.17, 15) is 19.7 Å². The number of nitro groups is 1. The van der Waals surface area contributed by atoms with Gasteiger partial charge < -0.3 is 9.15 Å². The first-order chi connectivity index (χ1) is 12.9. The molecule has 0 aliphatic carbocycles. The van der Waals surface area contributed by atoms with Gasteiger partial charge in [-0.2, -0.15) is 0 Å². The van der Waals surface area contributed by atoms with Gasteiger partial charge in [0.25, 0.3) is 5.69 Å². The molecule has 0 atom stereocenters. The molecule has 0 unspecified atom stereocenters. The van der Waals surface area contributed by atoms with Crippen LogP contribution >= 0.6 is 0 Å². The van der Waals surface area contributed by atoms with E-state index in [-0.39, 0.29) is 12.3 Å². The summed E-state index contributed by atoms with van der Waals surface area (Å²) in [7, 11) is 0. The van der Waals surface area contributed by atoms with Crippen LogP contribution in [-0.4, -0.2) is 10.9 Å². The molecule has 0 aliphatic heterocycles. The van der Waals surface area contributed by atoms with Gasteiger partial charge in [-0.3, -0.25) is 10.1 Å². The van der Waals surface area contributed by atoms with Crippen molar-refractivity contribution < 1.29 is 18.9 Å². The Kier molecular flexibility index (Phi) is 5.12. The van der Waals surface area contributed by atoms with Crippen molar-refractivity contribution >= 4 is 28.7 Å². The van der Waals surface area contributed by atoms with Gasteiger partial charge in [0.05, 0.1) is 4.92 Å². The van der Waals surface area contributed by atoms with Gasteiger partial charge in [0.15, 0.2) is 0 Å². The lowest BCUT2D eigenvalue weighted by molar-refractivity contribution is -0.384. The van der Waals surface area contributed by atoms with E-state index in [0.29, 0.717) is 22.1 Å². The quantitative estimate of drug-likeness (QED) is 0.224. The summed E-state index contributed by atoms with van der Waals surface area (Å²) in [4.78, 5) is 33.7. The van der Waals surface area contributed by atoms with E-state index < -0.39 is 16.5 Å². The number of carbonyl (C=O) groups is 1. The van der Waals surface area contributed by atoms with E-state index in [2.05, 4.69) is 0 Å². The Hall–Kier alpha value is -3.74. The average Bonchev–Trinajstić information content (AvgIpc) is 2.64. The first kappa shape index (κ1) is 18.1. The molecule has 0 radical (unpaired) electrons. The van der Waals surface area contributed by atoms with Crippen LogP contribution < -0.4 is 5.63 Å². The van der Waals surface area contributed by atoms with Crippen molar-refractivity contribution in [2.45, 2.75) is 13.5 Å². The van der Waals surface area contributed by atoms with Gasteiger partial charge in [0.1, 0.15) is 12.2 Å². The SMILES string of the molecule is Cc1ccc2c(COC(=O)/C=C/c3ccc([N+](=O)[O-])cc3)cc(=O)oc2c1. The zero-order valence-corrected chi connectivity index (χ0v) is 14.4. The maximum absolute atomic E-state index is 11.9. The molecule has 0 N–H and O–H groups in total. The van der Waals surface area contributed by atoms with Crippen molar-refractivity contribution in [3.8, 4) is 0 Å². The van der Waals surface area contributed by atoms with Gasteiger partial charge >= 0.3 is 11.6 Å². The lowest BCUT2D eigenvalue weighted by Gasteiger charge is -2.06. The minimum atomic E-state index is -0.596. The van der Waals surface area contributed by atoms with Crippen LogP contribution in [0.1, 0.15) is 16.7 Å². The zero-order chi connectivity index (χ0) is 19.4. The molecule has 0 fully saturated rings. The summed E-state index contributed by atoms with van der Waals surface area (Å²) in [6.07, 6.45) is 2.71. The minimum absolute atomic E-state index is 0.0280. The van der Waals surface area contributed by atoms with Crippen molar-refractivity contribution in [2.24, 2.45) is 0 Å². The van der Waals surface area contributed by atoms with Gasteiger partial charge in [0, 0.05) is 35.2 Å². The Bertz CT molecular complexity index is 1100. The van der Waals surface area contributed by atoms with Crippen LogP contribution in [0.5, 0.6) is 0 Å². The number of carbonyl (C=O) groups excluding carboxylic acids is 1. The fourth-order valence-corrected chi connectivity index (χ4v) is 2.52. The van der Waals surface area contributed by atoms with Gasteiger partial charge in [-0.1, -0.05) is 12.1 Å². The van der Waals surface area contributed by atoms with Gasteiger partial charge in [0.2, 0.25) is 0 Å². The molecule has 1 aromatic heterocycles. The number of aryl methyl sites for hydroxylation is 1. The van der Waals surface area contributed by atoms with Crippen LogP contribution in [0.3, 0.4) is 0 Å². The molecule has 27 heavy (non-hydrogen) atoms. The van der Waals surface area contributed by atoms with E-state index in [0.717, 1.165) is 5.56 Å². The summed E-state index contributed by atoms with van der Waals surface area (Å²) in [5.74, 6) is -0.596. The fraction of sp³-hybridized carbons (Fsp3) is 0.100. The number of esters is 1. The van der Waals surface area contributed by atoms with E-state index in [4.69, 9.17) is 9.15 Å². The maximum Gasteiger partial charge on any atom is 0.336 e. The molecule has 0 amide bonds. The molecule has 136 valence electrons. The average molecular weight is 365 g/mol. The predicted molar refractivity (Wildman–Crippen MR) is 99.1 cm³/mol. The Balaban J connectivity index is 1.69. The van der Waals surface area contributed by atoms with E-state index >= 15 is 0 Å². The number of ether oxygens (including phenoxy) is 1. The Morgan fingerprint density at radius 1 is 1.19 bits per heavy atom. The Morgan fingerprint density at radius 3 is 2.63 bits per heavy atom. The summed E-state index contributed by atoms with van der Waals surface area (Å²) in [6, 6.07) is 12.5. The van der Waals surface area contributed by atoms with Crippen LogP contribution in [-0.2, 0) is 16.1 Å². The van der Waals surface area contributed by atoms with Gasteiger partial charge in [-0.15, -0.1) is 0 Å². The van der Waals surface area contributed by atoms with Crippen molar-refractivity contribution in [3.63, 3.8) is 0 Å². The topological polar surface area (TPSA) is 99.6 Å². The van der Waals surface area contributed by atoms with Crippen LogP contribution in [0.25, 0.3) is 17.0 Å². The smallest absolute Gasteiger partial charge is 0.336 e. The third-order valence-corrected chi connectivity index (χ3v) is 3.87. The molecule has 0 saturated carbocycles. The summed E-state index contributed by atoms with van der Waals surface area (Å²) >= 11 is 0. The highest BCUT2D eigenvalue weighted by atomic mass is 16.6. The number of hydrogen-bond donors (Lipinski definition) is 0. The largest absolute Gasteiger partial charge is 0.458 e. The molecule has 7 nitrogen and oxygen atoms in total. The van der Waals surface area contributed by atoms with Crippen LogP contribution in [0.15, 0.2) is 63.8 Å². The number of hydrogen-bond acceptors (Lipinski definition) is 6. The van der Waals surface area contributed by atoms with Crippen molar-refractivity contribution in [1.82, 2.24) is 0 Å². The third-order valence-electron chi connectivity index (χ3n) is 3.87. The number of rotatable bonds is 5. The molecule has 0 spiro atoms. The van der Waals surface area contributed by atoms with Gasteiger partial charge in [-0.25, -0.2) is 9.59 Å². The highest BCUT2D eigenvalue weighted by molar-refractivity contribution is 5.87. The number of nitrogens with zero attached hydrogens (tertiary/aromatic N) is 1. The first-order valence-corrected chi connectivity index (χ1v) is 8.05. The summed E-state index contributed by atoms with van der Waals surface area (Å²) in [5.41, 5.74) is 2.03. The summed E-state index contributed by atoms with van der Waals surface area (Å²) in [6.45, 7) is 1.81. The fourth-order valence-electron chi connectivity index (χ4n) is 2.52. The van der Waals surface area contributed by atoms with E-state index in [1.54, 1.807) is 6.07 Å². The Labute approximate surface area is 153 Å². The monoisotopic (exact) mass is 365 g/mol. The molecule has 3 aromatic rings. The second-order valence-electron chi connectivity index (χ2n) is 5.88. The minimum Gasteiger partial charge on any atom is -0.458 e. The maximum atomic E-state index is 11.9. The molecule has 2 aromatic carbocycles.